The zero-order chi connectivity index (χ0) is 14.6. The van der Waals surface area contributed by atoms with E-state index >= 15 is 0 Å². The normalized spacial score (nSPS) is 22.4. The lowest BCUT2D eigenvalue weighted by molar-refractivity contribution is -0.122. The maximum Gasteiger partial charge on any atom is 0.510 e. The number of carbonyl (C=O) groups excluding carboxylic acids is 2. The van der Waals surface area contributed by atoms with Gasteiger partial charge in [-0.3, -0.25) is 4.90 Å². The van der Waals surface area contributed by atoms with Gasteiger partial charge in [-0.1, -0.05) is 13.8 Å². The number of hydrogen-bond donors (Lipinski definition) is 0. The first-order valence-corrected chi connectivity index (χ1v) is 6.73. The smallest absolute Gasteiger partial charge is 0.435 e. The molecule has 0 N–H and O–H groups in total. The van der Waals surface area contributed by atoms with Crippen LogP contribution in [0.25, 0.3) is 0 Å². The summed E-state index contributed by atoms with van der Waals surface area (Å²) in [5.74, 6) is 0. The minimum absolute atomic E-state index is 0.146. The number of hydrogen-bond acceptors (Lipinski definition) is 4. The van der Waals surface area contributed by atoms with Gasteiger partial charge in [0.1, 0.15) is 0 Å². The van der Waals surface area contributed by atoms with Crippen LogP contribution in [-0.2, 0) is 9.47 Å². The Labute approximate surface area is 114 Å². The first-order chi connectivity index (χ1) is 8.91. The van der Waals surface area contributed by atoms with Crippen molar-refractivity contribution in [2.75, 3.05) is 27.2 Å². The van der Waals surface area contributed by atoms with Crippen molar-refractivity contribution in [2.24, 2.45) is 5.41 Å². The molecule has 1 atom stereocenters. The second-order valence-corrected chi connectivity index (χ2v) is 4.97. The van der Waals surface area contributed by atoms with Crippen molar-refractivity contribution >= 4 is 12.2 Å². The quantitative estimate of drug-likeness (QED) is 0.737. The van der Waals surface area contributed by atoms with Gasteiger partial charge in [-0.25, -0.2) is 9.59 Å². The molecule has 0 saturated carbocycles. The predicted octanol–water partition coefficient (Wildman–Crippen LogP) is 2.29. The van der Waals surface area contributed by atoms with Gasteiger partial charge in [-0.15, -0.1) is 0 Å². The van der Waals surface area contributed by atoms with Gasteiger partial charge in [0.2, 0.25) is 0 Å². The Hall–Kier alpha value is -1.46. The van der Waals surface area contributed by atoms with Gasteiger partial charge in [0, 0.05) is 26.1 Å². The van der Waals surface area contributed by atoms with Crippen LogP contribution >= 0.6 is 0 Å². The number of nitrogens with zero attached hydrogens (tertiary/aromatic N) is 2. The summed E-state index contributed by atoms with van der Waals surface area (Å²) in [6.07, 6.45) is 0.332. The van der Waals surface area contributed by atoms with Gasteiger partial charge in [-0.05, 0) is 19.8 Å². The summed E-state index contributed by atoms with van der Waals surface area (Å²) < 4.78 is 10.2. The van der Waals surface area contributed by atoms with Crippen LogP contribution in [0, 0.1) is 5.41 Å². The van der Waals surface area contributed by atoms with Crippen molar-refractivity contribution in [2.45, 2.75) is 39.8 Å². The van der Waals surface area contributed by atoms with Crippen LogP contribution in [-0.4, -0.2) is 55.5 Å². The van der Waals surface area contributed by atoms with Crippen LogP contribution in [0.2, 0.25) is 0 Å². The predicted molar refractivity (Wildman–Crippen MR) is 70.7 cm³/mol. The maximum atomic E-state index is 12.0. The molecule has 0 aromatic rings. The molecule has 0 radical (unpaired) electrons. The van der Waals surface area contributed by atoms with Crippen LogP contribution in [0.3, 0.4) is 0 Å². The van der Waals surface area contributed by atoms with Crippen LogP contribution in [0.1, 0.15) is 33.6 Å². The number of rotatable bonds is 4. The van der Waals surface area contributed by atoms with Gasteiger partial charge in [0.15, 0.2) is 6.23 Å². The summed E-state index contributed by atoms with van der Waals surface area (Å²) in [5, 5.41) is 0. The third-order valence-electron chi connectivity index (χ3n) is 3.93. The van der Waals surface area contributed by atoms with E-state index in [-0.39, 0.29) is 18.1 Å². The van der Waals surface area contributed by atoms with E-state index in [2.05, 4.69) is 0 Å². The van der Waals surface area contributed by atoms with Crippen molar-refractivity contribution < 1.29 is 19.1 Å². The first kappa shape index (κ1) is 15.6. The largest absolute Gasteiger partial charge is 0.510 e. The molecule has 0 aliphatic carbocycles. The lowest BCUT2D eigenvalue weighted by Crippen LogP contribution is -2.63. The Bertz CT molecular complexity index is 342. The molecule has 1 saturated heterocycles. The molecule has 1 aliphatic heterocycles. The molecule has 6 nitrogen and oxygen atoms in total. The zero-order valence-electron chi connectivity index (χ0n) is 12.4. The van der Waals surface area contributed by atoms with Crippen molar-refractivity contribution in [3.05, 3.63) is 0 Å². The molecule has 1 rings (SSSR count). The SMILES string of the molecule is CCOC(=O)OC1N(C)C(=O)N(C)CC1(CC)CC. The Balaban J connectivity index is 2.98. The van der Waals surface area contributed by atoms with Gasteiger partial charge >= 0.3 is 12.2 Å². The van der Waals surface area contributed by atoms with E-state index in [0.717, 1.165) is 12.8 Å². The van der Waals surface area contributed by atoms with Gasteiger partial charge in [0.25, 0.3) is 0 Å². The Kier molecular flexibility index (Phi) is 5.03. The maximum absolute atomic E-state index is 12.0. The molecule has 19 heavy (non-hydrogen) atoms. The Morgan fingerprint density at radius 3 is 2.37 bits per heavy atom. The third kappa shape index (κ3) is 2.93. The molecule has 0 spiro atoms. The molecule has 1 unspecified atom stereocenters. The summed E-state index contributed by atoms with van der Waals surface area (Å²) in [4.78, 5) is 26.7. The Morgan fingerprint density at radius 2 is 1.89 bits per heavy atom. The Morgan fingerprint density at radius 1 is 1.32 bits per heavy atom. The summed E-state index contributed by atoms with van der Waals surface area (Å²) in [7, 11) is 3.42. The van der Waals surface area contributed by atoms with Gasteiger partial charge in [-0.2, -0.15) is 0 Å². The highest BCUT2D eigenvalue weighted by Gasteiger charge is 2.49. The topological polar surface area (TPSA) is 59.1 Å². The van der Waals surface area contributed by atoms with E-state index in [4.69, 9.17) is 9.47 Å². The van der Waals surface area contributed by atoms with Crippen molar-refractivity contribution in [3.8, 4) is 0 Å². The summed E-state index contributed by atoms with van der Waals surface area (Å²) in [6.45, 7) is 6.64. The lowest BCUT2D eigenvalue weighted by Gasteiger charge is -2.49. The average Bonchev–Trinajstić information content (AvgIpc) is 2.40. The molecule has 1 fully saturated rings. The first-order valence-electron chi connectivity index (χ1n) is 6.73. The van der Waals surface area contributed by atoms with E-state index in [9.17, 15) is 9.59 Å². The summed E-state index contributed by atoms with van der Waals surface area (Å²) in [5.41, 5.74) is -0.260. The van der Waals surface area contributed by atoms with Crippen molar-refractivity contribution in [1.82, 2.24) is 9.80 Å². The fourth-order valence-electron chi connectivity index (χ4n) is 2.67. The molecule has 0 bridgehead atoms. The van der Waals surface area contributed by atoms with E-state index in [1.54, 1.807) is 25.9 Å². The second kappa shape index (κ2) is 6.12. The lowest BCUT2D eigenvalue weighted by atomic mass is 9.78. The zero-order valence-corrected chi connectivity index (χ0v) is 12.4. The second-order valence-electron chi connectivity index (χ2n) is 4.97. The van der Waals surface area contributed by atoms with Crippen molar-refractivity contribution in [3.63, 3.8) is 0 Å². The number of carbonyl (C=O) groups is 2. The minimum atomic E-state index is -0.719. The standard InChI is InChI=1S/C13H24N2O4/c1-6-13(7-2)9-14(4)11(16)15(5)10(13)19-12(17)18-8-3/h10H,6-9H2,1-5H3. The molecule has 110 valence electrons. The van der Waals surface area contributed by atoms with Crippen LogP contribution in [0.5, 0.6) is 0 Å². The highest BCUT2D eigenvalue weighted by Crippen LogP contribution is 2.38. The van der Waals surface area contributed by atoms with Gasteiger partial charge in [0.05, 0.1) is 6.61 Å². The van der Waals surface area contributed by atoms with Crippen LogP contribution in [0.15, 0.2) is 0 Å². The monoisotopic (exact) mass is 272 g/mol. The highest BCUT2D eigenvalue weighted by molar-refractivity contribution is 5.75. The van der Waals surface area contributed by atoms with Crippen LogP contribution in [0.4, 0.5) is 9.59 Å². The summed E-state index contributed by atoms with van der Waals surface area (Å²) in [6, 6.07) is -0.146. The highest BCUT2D eigenvalue weighted by atomic mass is 16.7. The molecule has 1 aliphatic rings. The molecular weight excluding hydrogens is 248 g/mol. The molecule has 6 heteroatoms. The molecule has 2 amide bonds. The third-order valence-corrected chi connectivity index (χ3v) is 3.93. The number of ether oxygens (including phenoxy) is 2. The molecular formula is C13H24N2O4. The number of urea groups is 1. The summed E-state index contributed by atoms with van der Waals surface area (Å²) >= 11 is 0. The molecule has 0 aromatic carbocycles. The molecule has 1 heterocycles. The van der Waals surface area contributed by atoms with E-state index in [0.29, 0.717) is 6.54 Å². The van der Waals surface area contributed by atoms with E-state index in [1.807, 2.05) is 13.8 Å². The number of amides is 2. The van der Waals surface area contributed by atoms with E-state index in [1.165, 1.54) is 4.90 Å². The fourth-order valence-corrected chi connectivity index (χ4v) is 2.67. The fraction of sp³-hybridized carbons (Fsp3) is 0.846. The van der Waals surface area contributed by atoms with Crippen molar-refractivity contribution in [1.29, 1.82) is 0 Å². The molecule has 0 aromatic heterocycles. The van der Waals surface area contributed by atoms with E-state index < -0.39 is 12.4 Å². The van der Waals surface area contributed by atoms with Gasteiger partial charge < -0.3 is 14.4 Å². The van der Waals surface area contributed by atoms with Crippen LogP contribution < -0.4 is 0 Å². The minimum Gasteiger partial charge on any atom is -0.435 e. The average molecular weight is 272 g/mol.